The van der Waals surface area contributed by atoms with Crippen LogP contribution in [0.2, 0.25) is 0 Å². The minimum atomic E-state index is -0.324. The first-order valence-corrected chi connectivity index (χ1v) is 12.7. The molecular weight excluding hydrogens is 450 g/mol. The number of carbonyl (C=O) groups excluding carboxylic acids is 1. The second-order valence-electron chi connectivity index (χ2n) is 9.40. The normalized spacial score (nSPS) is 14.7. The summed E-state index contributed by atoms with van der Waals surface area (Å²) in [6.45, 7) is 7.84. The molecule has 0 bridgehead atoms. The van der Waals surface area contributed by atoms with Crippen molar-refractivity contribution in [3.05, 3.63) is 89.2 Å². The van der Waals surface area contributed by atoms with Crippen LogP contribution in [0.25, 0.3) is 11.0 Å². The summed E-state index contributed by atoms with van der Waals surface area (Å²) in [7, 11) is 0. The zero-order valence-corrected chi connectivity index (χ0v) is 21.0. The van der Waals surface area contributed by atoms with Crippen molar-refractivity contribution >= 4 is 23.0 Å². The standard InChI is InChI=1S/C29H33N5O2/c1-3-36-28(35)23-12-13-27-26(18-23)32-29(34(27)20-25-11-7-8-21(2)30-25)31-24-14-16-33(17-15-24)19-22-9-5-4-6-10-22/h4-13,18,24H,3,14-17,19-20H2,1-2H3,(H,31,32). The molecule has 0 unspecified atom stereocenters. The second-order valence-corrected chi connectivity index (χ2v) is 9.40. The molecule has 2 aromatic carbocycles. The Bertz CT molecular complexity index is 1330. The molecular formula is C29H33N5O2. The zero-order chi connectivity index (χ0) is 24.9. The number of fused-ring (bicyclic) bond motifs is 1. The largest absolute Gasteiger partial charge is 0.462 e. The van der Waals surface area contributed by atoms with Gasteiger partial charge in [-0.15, -0.1) is 0 Å². The van der Waals surface area contributed by atoms with Crippen molar-refractivity contribution in [3.63, 3.8) is 0 Å². The fourth-order valence-electron chi connectivity index (χ4n) is 4.85. The van der Waals surface area contributed by atoms with Gasteiger partial charge in [-0.05, 0) is 62.6 Å². The van der Waals surface area contributed by atoms with Gasteiger partial charge in [-0.3, -0.25) is 9.88 Å². The van der Waals surface area contributed by atoms with E-state index in [-0.39, 0.29) is 5.97 Å². The first-order valence-electron chi connectivity index (χ1n) is 12.7. The number of aryl methyl sites for hydroxylation is 1. The van der Waals surface area contributed by atoms with Crippen LogP contribution in [0.3, 0.4) is 0 Å². The Kier molecular flexibility index (Phi) is 7.28. The summed E-state index contributed by atoms with van der Waals surface area (Å²) in [5.41, 5.74) is 5.58. The van der Waals surface area contributed by atoms with Gasteiger partial charge in [-0.2, -0.15) is 0 Å². The Morgan fingerprint density at radius 2 is 1.81 bits per heavy atom. The van der Waals surface area contributed by atoms with Crippen LogP contribution >= 0.6 is 0 Å². The highest BCUT2D eigenvalue weighted by Gasteiger charge is 2.22. The van der Waals surface area contributed by atoms with Crippen molar-refractivity contribution in [2.45, 2.75) is 45.8 Å². The van der Waals surface area contributed by atoms with Crippen molar-refractivity contribution in [1.29, 1.82) is 0 Å². The minimum absolute atomic E-state index is 0.324. The van der Waals surface area contributed by atoms with Crippen molar-refractivity contribution in [2.75, 3.05) is 25.0 Å². The smallest absolute Gasteiger partial charge is 0.338 e. The number of aromatic nitrogens is 3. The van der Waals surface area contributed by atoms with E-state index in [2.05, 4.69) is 45.1 Å². The number of piperidine rings is 1. The highest BCUT2D eigenvalue weighted by molar-refractivity contribution is 5.94. The molecule has 0 atom stereocenters. The molecule has 7 nitrogen and oxygen atoms in total. The van der Waals surface area contributed by atoms with E-state index in [1.165, 1.54) is 5.56 Å². The van der Waals surface area contributed by atoms with E-state index in [0.29, 0.717) is 24.8 Å². The number of imidazole rings is 1. The molecule has 2 aromatic heterocycles. The number of carbonyl (C=O) groups is 1. The minimum Gasteiger partial charge on any atom is -0.462 e. The van der Waals surface area contributed by atoms with E-state index < -0.39 is 0 Å². The molecule has 0 amide bonds. The third-order valence-corrected chi connectivity index (χ3v) is 6.70. The van der Waals surface area contributed by atoms with Gasteiger partial charge in [0.15, 0.2) is 0 Å². The number of esters is 1. The van der Waals surface area contributed by atoms with Crippen molar-refractivity contribution in [1.82, 2.24) is 19.4 Å². The summed E-state index contributed by atoms with van der Waals surface area (Å²) >= 11 is 0. The lowest BCUT2D eigenvalue weighted by atomic mass is 10.0. The maximum atomic E-state index is 12.3. The Balaban J connectivity index is 1.36. The number of rotatable bonds is 8. The summed E-state index contributed by atoms with van der Waals surface area (Å²) < 4.78 is 7.36. The zero-order valence-electron chi connectivity index (χ0n) is 21.0. The van der Waals surface area contributed by atoms with Gasteiger partial charge in [0.2, 0.25) is 5.95 Å². The Hall–Kier alpha value is -3.71. The molecule has 0 saturated carbocycles. The van der Waals surface area contributed by atoms with Gasteiger partial charge in [0.1, 0.15) is 0 Å². The lowest BCUT2D eigenvalue weighted by Crippen LogP contribution is -2.39. The predicted molar refractivity (Wildman–Crippen MR) is 142 cm³/mol. The summed E-state index contributed by atoms with van der Waals surface area (Å²) in [5.74, 6) is 0.491. The lowest BCUT2D eigenvalue weighted by molar-refractivity contribution is 0.0526. The van der Waals surface area contributed by atoms with Crippen molar-refractivity contribution in [3.8, 4) is 0 Å². The monoisotopic (exact) mass is 483 g/mol. The third kappa shape index (κ3) is 5.57. The number of likely N-dealkylation sites (tertiary alicyclic amines) is 1. The maximum Gasteiger partial charge on any atom is 0.338 e. The molecule has 3 heterocycles. The predicted octanol–water partition coefficient (Wildman–Crippen LogP) is 5.04. The molecule has 1 N–H and O–H groups in total. The van der Waals surface area contributed by atoms with Crippen LogP contribution in [0, 0.1) is 6.92 Å². The average molecular weight is 484 g/mol. The topological polar surface area (TPSA) is 72.3 Å². The molecule has 0 radical (unpaired) electrons. The van der Waals surface area contributed by atoms with Crippen molar-refractivity contribution in [2.24, 2.45) is 0 Å². The van der Waals surface area contributed by atoms with Crippen LogP contribution in [0.4, 0.5) is 5.95 Å². The number of nitrogens with one attached hydrogen (secondary N) is 1. The molecule has 0 spiro atoms. The fourth-order valence-corrected chi connectivity index (χ4v) is 4.85. The molecule has 1 saturated heterocycles. The van der Waals surface area contributed by atoms with Gasteiger partial charge >= 0.3 is 5.97 Å². The summed E-state index contributed by atoms with van der Waals surface area (Å²) in [6.07, 6.45) is 2.10. The Morgan fingerprint density at radius 3 is 2.56 bits per heavy atom. The Morgan fingerprint density at radius 1 is 1.00 bits per heavy atom. The number of hydrogen-bond acceptors (Lipinski definition) is 6. The van der Waals surface area contributed by atoms with Crippen LogP contribution in [0.5, 0.6) is 0 Å². The first kappa shape index (κ1) is 24.0. The van der Waals surface area contributed by atoms with E-state index in [9.17, 15) is 4.79 Å². The molecule has 5 rings (SSSR count). The molecule has 36 heavy (non-hydrogen) atoms. The number of benzene rings is 2. The van der Waals surface area contributed by atoms with Gasteiger partial charge in [-0.1, -0.05) is 36.4 Å². The number of nitrogens with zero attached hydrogens (tertiary/aromatic N) is 4. The van der Waals surface area contributed by atoms with E-state index in [1.807, 2.05) is 50.2 Å². The molecule has 186 valence electrons. The molecule has 4 aromatic rings. The number of anilines is 1. The number of hydrogen-bond donors (Lipinski definition) is 1. The highest BCUT2D eigenvalue weighted by Crippen LogP contribution is 2.25. The number of pyridine rings is 1. The van der Waals surface area contributed by atoms with E-state index in [1.54, 1.807) is 0 Å². The quantitative estimate of drug-likeness (QED) is 0.354. The summed E-state index contributed by atoms with van der Waals surface area (Å²) in [5, 5.41) is 3.71. The van der Waals surface area contributed by atoms with E-state index in [4.69, 9.17) is 14.7 Å². The molecule has 1 aliphatic rings. The van der Waals surface area contributed by atoms with E-state index in [0.717, 1.165) is 60.8 Å². The van der Waals surface area contributed by atoms with Crippen LogP contribution in [0.1, 0.15) is 47.1 Å². The van der Waals surface area contributed by atoms with Gasteiger partial charge in [0.25, 0.3) is 0 Å². The molecule has 0 aliphatic carbocycles. The molecule has 7 heteroatoms. The Labute approximate surface area is 212 Å². The van der Waals surface area contributed by atoms with Crippen LogP contribution in [0.15, 0.2) is 66.7 Å². The van der Waals surface area contributed by atoms with Crippen LogP contribution < -0.4 is 5.32 Å². The second kappa shape index (κ2) is 10.9. The van der Waals surface area contributed by atoms with Gasteiger partial charge in [0, 0.05) is 31.4 Å². The lowest BCUT2D eigenvalue weighted by Gasteiger charge is -2.32. The average Bonchev–Trinajstić information content (AvgIpc) is 3.22. The summed E-state index contributed by atoms with van der Waals surface area (Å²) in [4.78, 5) is 24.4. The highest BCUT2D eigenvalue weighted by atomic mass is 16.5. The third-order valence-electron chi connectivity index (χ3n) is 6.70. The van der Waals surface area contributed by atoms with Crippen LogP contribution in [-0.4, -0.2) is 51.1 Å². The molecule has 1 fully saturated rings. The van der Waals surface area contributed by atoms with Gasteiger partial charge < -0.3 is 14.6 Å². The summed E-state index contributed by atoms with van der Waals surface area (Å²) in [6, 6.07) is 22.7. The molecule has 1 aliphatic heterocycles. The number of ether oxygens (including phenoxy) is 1. The van der Waals surface area contributed by atoms with Gasteiger partial charge in [-0.25, -0.2) is 9.78 Å². The van der Waals surface area contributed by atoms with Crippen LogP contribution in [-0.2, 0) is 17.8 Å². The van der Waals surface area contributed by atoms with E-state index >= 15 is 0 Å². The maximum absolute atomic E-state index is 12.3. The fraction of sp³-hybridized carbons (Fsp3) is 0.345. The van der Waals surface area contributed by atoms with Gasteiger partial charge in [0.05, 0.1) is 35.4 Å². The first-order chi connectivity index (χ1) is 17.6. The SMILES string of the molecule is CCOC(=O)c1ccc2c(c1)nc(NC1CCN(Cc3ccccc3)CC1)n2Cc1cccc(C)n1. The van der Waals surface area contributed by atoms with Crippen molar-refractivity contribution < 1.29 is 9.53 Å².